The minimum absolute atomic E-state index is 0.191. The molecule has 2 aromatic carbocycles. The van der Waals surface area contributed by atoms with E-state index in [1.54, 1.807) is 18.2 Å². The lowest BCUT2D eigenvalue weighted by atomic mass is 10.2. The molecule has 0 saturated heterocycles. The maximum atomic E-state index is 12.5. The Morgan fingerprint density at radius 2 is 1.81 bits per heavy atom. The van der Waals surface area contributed by atoms with Gasteiger partial charge in [-0.15, -0.1) is 0 Å². The van der Waals surface area contributed by atoms with E-state index in [0.717, 1.165) is 54.3 Å². The molecule has 2 N–H and O–H groups in total. The van der Waals surface area contributed by atoms with Crippen molar-refractivity contribution in [2.45, 2.75) is 30.6 Å². The SMILES string of the molecule is O=S(=O)(NCCCCCc1nc2ccccc2[nH]1)c1cccc2nsnc12. The lowest BCUT2D eigenvalue weighted by Gasteiger charge is -2.07. The number of rotatable bonds is 8. The third-order valence-electron chi connectivity index (χ3n) is 4.36. The van der Waals surface area contributed by atoms with Gasteiger partial charge in [-0.3, -0.25) is 0 Å². The highest BCUT2D eigenvalue weighted by molar-refractivity contribution is 7.89. The van der Waals surface area contributed by atoms with Gasteiger partial charge in [0.1, 0.15) is 21.8 Å². The topological polar surface area (TPSA) is 101 Å². The van der Waals surface area contributed by atoms with Gasteiger partial charge >= 0.3 is 0 Å². The average molecular weight is 402 g/mol. The van der Waals surface area contributed by atoms with Crippen molar-refractivity contribution in [3.05, 3.63) is 48.3 Å². The minimum atomic E-state index is -3.58. The zero-order valence-corrected chi connectivity index (χ0v) is 16.2. The summed E-state index contributed by atoms with van der Waals surface area (Å²) in [7, 11) is -3.58. The first-order chi connectivity index (χ1) is 13.1. The number of sulfonamides is 1. The third-order valence-corrected chi connectivity index (χ3v) is 6.39. The molecule has 27 heavy (non-hydrogen) atoms. The van der Waals surface area contributed by atoms with Crippen molar-refractivity contribution in [2.75, 3.05) is 6.54 Å². The van der Waals surface area contributed by atoms with Crippen LogP contribution in [0.15, 0.2) is 47.4 Å². The number of imidazole rings is 1. The van der Waals surface area contributed by atoms with Gasteiger partial charge in [-0.25, -0.2) is 18.1 Å². The van der Waals surface area contributed by atoms with Crippen LogP contribution in [0.4, 0.5) is 0 Å². The molecule has 0 atom stereocenters. The summed E-state index contributed by atoms with van der Waals surface area (Å²) in [5.41, 5.74) is 3.06. The molecule has 4 rings (SSSR count). The number of benzene rings is 2. The molecule has 0 aliphatic rings. The molecule has 0 bridgehead atoms. The summed E-state index contributed by atoms with van der Waals surface area (Å²) >= 11 is 1.02. The number of H-pyrrole nitrogens is 1. The second-order valence-corrected chi connectivity index (χ2v) is 8.56. The Hall–Kier alpha value is -2.36. The Labute approximate surface area is 161 Å². The molecule has 2 aromatic heterocycles. The van der Waals surface area contributed by atoms with Crippen LogP contribution >= 0.6 is 11.7 Å². The summed E-state index contributed by atoms with van der Waals surface area (Å²) in [6.45, 7) is 0.399. The van der Waals surface area contributed by atoms with E-state index >= 15 is 0 Å². The molecular formula is C18H19N5O2S2. The van der Waals surface area contributed by atoms with Gasteiger partial charge in [-0.05, 0) is 37.1 Å². The zero-order valence-electron chi connectivity index (χ0n) is 14.6. The molecule has 9 heteroatoms. The van der Waals surface area contributed by atoms with E-state index in [2.05, 4.69) is 23.4 Å². The Morgan fingerprint density at radius 3 is 2.70 bits per heavy atom. The van der Waals surface area contributed by atoms with Gasteiger partial charge in [0.25, 0.3) is 0 Å². The number of nitrogens with zero attached hydrogens (tertiary/aromatic N) is 3. The molecule has 0 aliphatic carbocycles. The number of hydrogen-bond donors (Lipinski definition) is 2. The van der Waals surface area contributed by atoms with E-state index in [9.17, 15) is 8.42 Å². The molecule has 0 amide bonds. The second kappa shape index (κ2) is 7.71. The fourth-order valence-electron chi connectivity index (χ4n) is 3.00. The van der Waals surface area contributed by atoms with Crippen molar-refractivity contribution < 1.29 is 8.42 Å². The first-order valence-electron chi connectivity index (χ1n) is 8.78. The molecule has 140 valence electrons. The number of nitrogens with one attached hydrogen (secondary N) is 2. The summed E-state index contributed by atoms with van der Waals surface area (Å²) in [5.74, 6) is 0.972. The van der Waals surface area contributed by atoms with E-state index in [1.807, 2.05) is 24.3 Å². The minimum Gasteiger partial charge on any atom is -0.342 e. The first kappa shape index (κ1) is 18.0. The van der Waals surface area contributed by atoms with Crippen LogP contribution in [0.2, 0.25) is 0 Å². The van der Waals surface area contributed by atoms with Crippen molar-refractivity contribution in [3.8, 4) is 0 Å². The van der Waals surface area contributed by atoms with E-state index in [4.69, 9.17) is 0 Å². The summed E-state index contributed by atoms with van der Waals surface area (Å²) in [6.07, 6.45) is 3.49. The molecule has 0 unspecified atom stereocenters. The molecular weight excluding hydrogens is 382 g/mol. The van der Waals surface area contributed by atoms with Gasteiger partial charge in [0.15, 0.2) is 0 Å². The van der Waals surface area contributed by atoms with Gasteiger partial charge in [0, 0.05) is 13.0 Å². The summed E-state index contributed by atoms with van der Waals surface area (Å²) in [5, 5.41) is 0. The van der Waals surface area contributed by atoms with Gasteiger partial charge in [-0.2, -0.15) is 8.75 Å². The number of aryl methyl sites for hydroxylation is 1. The average Bonchev–Trinajstić information content (AvgIpc) is 3.30. The number of unbranched alkanes of at least 4 members (excludes halogenated alkanes) is 2. The van der Waals surface area contributed by atoms with Gasteiger partial charge < -0.3 is 4.98 Å². The smallest absolute Gasteiger partial charge is 0.242 e. The lowest BCUT2D eigenvalue weighted by Crippen LogP contribution is -2.25. The van der Waals surface area contributed by atoms with Crippen LogP contribution in [0, 0.1) is 0 Å². The zero-order chi connectivity index (χ0) is 18.7. The molecule has 0 radical (unpaired) electrons. The van der Waals surface area contributed by atoms with Crippen molar-refractivity contribution in [3.63, 3.8) is 0 Å². The lowest BCUT2D eigenvalue weighted by molar-refractivity contribution is 0.574. The van der Waals surface area contributed by atoms with Gasteiger partial charge in [-0.1, -0.05) is 24.6 Å². The molecule has 2 heterocycles. The summed E-state index contributed by atoms with van der Waals surface area (Å²) in [4.78, 5) is 8.06. The second-order valence-electron chi connectivity index (χ2n) is 6.30. The van der Waals surface area contributed by atoms with Crippen LogP contribution in [0.3, 0.4) is 0 Å². The van der Waals surface area contributed by atoms with Crippen LogP contribution in [0.25, 0.3) is 22.1 Å². The Kier molecular flexibility index (Phi) is 5.15. The Morgan fingerprint density at radius 1 is 0.963 bits per heavy atom. The predicted molar refractivity (Wildman–Crippen MR) is 106 cm³/mol. The van der Waals surface area contributed by atoms with E-state index in [-0.39, 0.29) is 4.90 Å². The molecule has 0 spiro atoms. The van der Waals surface area contributed by atoms with Crippen molar-refractivity contribution >= 4 is 43.8 Å². The van der Waals surface area contributed by atoms with Crippen molar-refractivity contribution in [1.29, 1.82) is 0 Å². The quantitative estimate of drug-likeness (QED) is 0.441. The highest BCUT2D eigenvalue weighted by Gasteiger charge is 2.18. The van der Waals surface area contributed by atoms with Crippen LogP contribution in [0.5, 0.6) is 0 Å². The van der Waals surface area contributed by atoms with Crippen molar-refractivity contribution in [2.24, 2.45) is 0 Å². The molecule has 0 saturated carbocycles. The van der Waals surface area contributed by atoms with E-state index in [1.165, 1.54) is 0 Å². The van der Waals surface area contributed by atoms with Gasteiger partial charge in [0.05, 0.1) is 22.8 Å². The largest absolute Gasteiger partial charge is 0.342 e. The maximum absolute atomic E-state index is 12.5. The van der Waals surface area contributed by atoms with Crippen molar-refractivity contribution in [1.82, 2.24) is 23.4 Å². The highest BCUT2D eigenvalue weighted by atomic mass is 32.2. The Balaban J connectivity index is 1.26. The monoisotopic (exact) mass is 401 g/mol. The van der Waals surface area contributed by atoms with E-state index < -0.39 is 10.0 Å². The first-order valence-corrected chi connectivity index (χ1v) is 11.0. The predicted octanol–water partition coefficient (Wildman–Crippen LogP) is 3.26. The van der Waals surface area contributed by atoms with Crippen LogP contribution < -0.4 is 4.72 Å². The number of aromatic amines is 1. The highest BCUT2D eigenvalue weighted by Crippen LogP contribution is 2.20. The number of para-hydroxylation sites is 2. The molecule has 0 aliphatic heterocycles. The maximum Gasteiger partial charge on any atom is 0.242 e. The van der Waals surface area contributed by atoms with Crippen LogP contribution in [0.1, 0.15) is 25.1 Å². The summed E-state index contributed by atoms with van der Waals surface area (Å²) in [6, 6.07) is 13.0. The normalized spacial score (nSPS) is 12.1. The van der Waals surface area contributed by atoms with E-state index in [0.29, 0.717) is 17.6 Å². The third kappa shape index (κ3) is 4.00. The standard InChI is InChI=1S/C18H19N5O2S2/c24-27(25,16-10-6-9-15-18(16)23-26-22-15)19-12-5-1-2-11-17-20-13-7-3-4-8-14(13)21-17/h3-4,6-10,19H,1-2,5,11-12H2,(H,20,21). The summed E-state index contributed by atoms with van der Waals surface area (Å²) < 4.78 is 35.9. The molecule has 0 fully saturated rings. The fourth-order valence-corrected chi connectivity index (χ4v) is 4.84. The number of hydrogen-bond acceptors (Lipinski definition) is 6. The van der Waals surface area contributed by atoms with Crippen LogP contribution in [-0.4, -0.2) is 33.7 Å². The number of aromatic nitrogens is 4. The Bertz CT molecular complexity index is 1130. The van der Waals surface area contributed by atoms with Gasteiger partial charge in [0.2, 0.25) is 10.0 Å². The molecule has 7 nitrogen and oxygen atoms in total. The number of fused-ring (bicyclic) bond motifs is 2. The fraction of sp³-hybridized carbons (Fsp3) is 0.278. The van der Waals surface area contributed by atoms with Crippen LogP contribution in [-0.2, 0) is 16.4 Å². The molecule has 4 aromatic rings.